The summed E-state index contributed by atoms with van der Waals surface area (Å²) in [5.41, 5.74) is 0. The van der Waals surface area contributed by atoms with E-state index in [0.717, 1.165) is 37.8 Å². The van der Waals surface area contributed by atoms with Gasteiger partial charge in [0.1, 0.15) is 0 Å². The van der Waals surface area contributed by atoms with Crippen LogP contribution in [-0.2, 0) is 4.79 Å². The van der Waals surface area contributed by atoms with E-state index in [9.17, 15) is 4.79 Å². The van der Waals surface area contributed by atoms with Crippen LogP contribution in [-0.4, -0.2) is 23.9 Å². The number of nitrogens with zero attached hydrogens (tertiary/aromatic N) is 1. The van der Waals surface area contributed by atoms with Crippen molar-refractivity contribution >= 4 is 5.91 Å². The Morgan fingerprint density at radius 3 is 2.17 bits per heavy atom. The maximum Gasteiger partial charge on any atom is 0.225 e. The lowest BCUT2D eigenvalue weighted by Crippen LogP contribution is -2.39. The van der Waals surface area contributed by atoms with E-state index in [1.54, 1.807) is 0 Å². The van der Waals surface area contributed by atoms with Crippen LogP contribution in [0.4, 0.5) is 0 Å². The quantitative estimate of drug-likeness (QED) is 0.673. The molecule has 0 aromatic heterocycles. The molecule has 3 unspecified atom stereocenters. The molecular weight excluding hydrogens is 222 g/mol. The second-order valence-electron chi connectivity index (χ2n) is 6.31. The van der Waals surface area contributed by atoms with Crippen LogP contribution in [0.1, 0.15) is 65.2 Å². The first kappa shape index (κ1) is 13.9. The maximum atomic E-state index is 12.7. The Bertz CT molecular complexity index is 268. The predicted octanol–water partition coefficient (Wildman–Crippen LogP) is 3.85. The minimum absolute atomic E-state index is 0.387. The molecular formula is C16H29NO. The summed E-state index contributed by atoms with van der Waals surface area (Å²) < 4.78 is 0. The molecule has 2 rings (SSSR count). The van der Waals surface area contributed by atoms with Gasteiger partial charge < -0.3 is 4.90 Å². The van der Waals surface area contributed by atoms with E-state index in [-0.39, 0.29) is 0 Å². The molecule has 2 aliphatic carbocycles. The molecule has 2 saturated carbocycles. The van der Waals surface area contributed by atoms with Gasteiger partial charge in [-0.05, 0) is 43.9 Å². The zero-order valence-electron chi connectivity index (χ0n) is 12.2. The van der Waals surface area contributed by atoms with Gasteiger partial charge in [-0.2, -0.15) is 0 Å². The maximum absolute atomic E-state index is 12.7. The number of unbranched alkanes of at least 4 members (excludes halogenated alkanes) is 2. The molecule has 0 aromatic carbocycles. The SMILES string of the molecule is CCCCN(CCCC)C(=O)C1CC2CCC1C2. The average Bonchev–Trinajstić information content (AvgIpc) is 3.00. The van der Waals surface area contributed by atoms with Gasteiger partial charge in [0.25, 0.3) is 0 Å². The Hall–Kier alpha value is -0.530. The Morgan fingerprint density at radius 2 is 1.72 bits per heavy atom. The molecule has 1 amide bonds. The highest BCUT2D eigenvalue weighted by Gasteiger charge is 2.44. The Morgan fingerprint density at radius 1 is 1.06 bits per heavy atom. The van der Waals surface area contributed by atoms with E-state index in [0.29, 0.717) is 11.8 Å². The van der Waals surface area contributed by atoms with E-state index in [1.807, 2.05) is 0 Å². The molecule has 2 bridgehead atoms. The molecule has 2 aliphatic rings. The summed E-state index contributed by atoms with van der Waals surface area (Å²) in [4.78, 5) is 14.9. The van der Waals surface area contributed by atoms with Gasteiger partial charge in [-0.25, -0.2) is 0 Å². The van der Waals surface area contributed by atoms with Crippen LogP contribution in [0, 0.1) is 17.8 Å². The molecule has 0 N–H and O–H groups in total. The normalized spacial score (nSPS) is 29.8. The zero-order chi connectivity index (χ0) is 13.0. The molecule has 2 nitrogen and oxygen atoms in total. The summed E-state index contributed by atoms with van der Waals surface area (Å²) in [6.07, 6.45) is 9.94. The number of hydrogen-bond acceptors (Lipinski definition) is 1. The number of fused-ring (bicyclic) bond motifs is 2. The van der Waals surface area contributed by atoms with Gasteiger partial charge in [0.05, 0.1) is 0 Å². The van der Waals surface area contributed by atoms with Crippen molar-refractivity contribution in [3.05, 3.63) is 0 Å². The fraction of sp³-hybridized carbons (Fsp3) is 0.938. The van der Waals surface area contributed by atoms with E-state index >= 15 is 0 Å². The number of hydrogen-bond donors (Lipinski definition) is 0. The fourth-order valence-corrected chi connectivity index (χ4v) is 3.81. The van der Waals surface area contributed by atoms with E-state index in [2.05, 4.69) is 18.7 Å². The van der Waals surface area contributed by atoms with Gasteiger partial charge >= 0.3 is 0 Å². The third kappa shape index (κ3) is 3.07. The molecule has 0 aliphatic heterocycles. The molecule has 2 heteroatoms. The Balaban J connectivity index is 1.89. The number of amides is 1. The molecule has 0 spiro atoms. The smallest absolute Gasteiger partial charge is 0.225 e. The summed E-state index contributed by atoms with van der Waals surface area (Å²) in [5.74, 6) is 2.48. The van der Waals surface area contributed by atoms with Crippen molar-refractivity contribution in [3.63, 3.8) is 0 Å². The van der Waals surface area contributed by atoms with Crippen LogP contribution in [0.5, 0.6) is 0 Å². The van der Waals surface area contributed by atoms with Crippen molar-refractivity contribution in [3.8, 4) is 0 Å². The minimum atomic E-state index is 0.387. The molecule has 18 heavy (non-hydrogen) atoms. The van der Waals surface area contributed by atoms with Crippen molar-refractivity contribution < 1.29 is 4.79 Å². The molecule has 104 valence electrons. The van der Waals surface area contributed by atoms with Crippen molar-refractivity contribution in [2.45, 2.75) is 65.2 Å². The average molecular weight is 251 g/mol. The zero-order valence-corrected chi connectivity index (χ0v) is 12.2. The van der Waals surface area contributed by atoms with Gasteiger partial charge in [0.2, 0.25) is 5.91 Å². The van der Waals surface area contributed by atoms with Gasteiger partial charge in [-0.1, -0.05) is 33.1 Å². The van der Waals surface area contributed by atoms with Gasteiger partial charge in [0, 0.05) is 19.0 Å². The Labute approximate surface area is 112 Å². The summed E-state index contributed by atoms with van der Waals surface area (Å²) >= 11 is 0. The number of rotatable bonds is 7. The largest absolute Gasteiger partial charge is 0.342 e. The molecule has 2 fully saturated rings. The number of carbonyl (C=O) groups is 1. The van der Waals surface area contributed by atoms with E-state index in [4.69, 9.17) is 0 Å². The van der Waals surface area contributed by atoms with Crippen LogP contribution in [0.3, 0.4) is 0 Å². The lowest BCUT2D eigenvalue weighted by Gasteiger charge is -2.29. The summed E-state index contributed by atoms with van der Waals surface area (Å²) in [7, 11) is 0. The minimum Gasteiger partial charge on any atom is -0.342 e. The summed E-state index contributed by atoms with van der Waals surface area (Å²) in [5, 5.41) is 0. The highest BCUT2D eigenvalue weighted by atomic mass is 16.2. The summed E-state index contributed by atoms with van der Waals surface area (Å²) in [6.45, 7) is 6.40. The highest BCUT2D eigenvalue weighted by molar-refractivity contribution is 5.79. The van der Waals surface area contributed by atoms with Crippen LogP contribution in [0.15, 0.2) is 0 Å². The van der Waals surface area contributed by atoms with Crippen molar-refractivity contribution in [1.29, 1.82) is 0 Å². The van der Waals surface area contributed by atoms with Crippen LogP contribution >= 0.6 is 0 Å². The first-order chi connectivity index (χ1) is 8.76. The van der Waals surface area contributed by atoms with Crippen molar-refractivity contribution in [1.82, 2.24) is 4.90 Å². The van der Waals surface area contributed by atoms with Crippen LogP contribution in [0.2, 0.25) is 0 Å². The van der Waals surface area contributed by atoms with Crippen LogP contribution in [0.25, 0.3) is 0 Å². The van der Waals surface area contributed by atoms with Crippen molar-refractivity contribution in [2.75, 3.05) is 13.1 Å². The second kappa shape index (κ2) is 6.58. The first-order valence-corrected chi connectivity index (χ1v) is 8.05. The standard InChI is InChI=1S/C16H29NO/c1-3-5-9-17(10-6-4-2)16(18)15-12-13-7-8-14(15)11-13/h13-15H,3-12H2,1-2H3. The predicted molar refractivity (Wildman–Crippen MR) is 75.3 cm³/mol. The van der Waals surface area contributed by atoms with Gasteiger partial charge in [-0.15, -0.1) is 0 Å². The fourth-order valence-electron chi connectivity index (χ4n) is 3.81. The number of carbonyl (C=O) groups excluding carboxylic acids is 1. The molecule has 0 heterocycles. The topological polar surface area (TPSA) is 20.3 Å². The third-order valence-corrected chi connectivity index (χ3v) is 4.93. The molecule has 0 radical (unpaired) electrons. The van der Waals surface area contributed by atoms with Gasteiger partial charge in [-0.3, -0.25) is 4.79 Å². The third-order valence-electron chi connectivity index (χ3n) is 4.93. The Kier molecular flexibility index (Phi) is 5.08. The lowest BCUT2D eigenvalue weighted by atomic mass is 9.87. The van der Waals surface area contributed by atoms with Gasteiger partial charge in [0.15, 0.2) is 0 Å². The van der Waals surface area contributed by atoms with Crippen molar-refractivity contribution in [2.24, 2.45) is 17.8 Å². The molecule has 3 atom stereocenters. The first-order valence-electron chi connectivity index (χ1n) is 8.05. The summed E-state index contributed by atoms with van der Waals surface area (Å²) in [6, 6.07) is 0. The monoisotopic (exact) mass is 251 g/mol. The second-order valence-corrected chi connectivity index (χ2v) is 6.31. The molecule has 0 saturated heterocycles. The molecule has 0 aromatic rings. The van der Waals surface area contributed by atoms with E-state index < -0.39 is 0 Å². The van der Waals surface area contributed by atoms with E-state index in [1.165, 1.54) is 38.5 Å². The lowest BCUT2D eigenvalue weighted by molar-refractivity contribution is -0.137. The highest BCUT2D eigenvalue weighted by Crippen LogP contribution is 2.48. The van der Waals surface area contributed by atoms with Crippen LogP contribution < -0.4 is 0 Å².